The van der Waals surface area contributed by atoms with E-state index in [0.717, 1.165) is 0 Å². The Morgan fingerprint density at radius 2 is 1.25 bits per heavy atom. The smallest absolute Gasteiger partial charge is 0.126 e. The fourth-order valence-corrected chi connectivity index (χ4v) is 0. The third-order valence-corrected chi connectivity index (χ3v) is 4.02. The average Bonchev–Trinajstić information content (AvgIpc) is 1.25. The van der Waals surface area contributed by atoms with Gasteiger partial charge >= 0.3 is 0 Å². The third kappa shape index (κ3) is 2.18. The Bertz CT molecular complexity index is 63.5. The van der Waals surface area contributed by atoms with Crippen molar-refractivity contribution in [2.75, 3.05) is 13.3 Å². The monoisotopic (exact) mass is 132 g/mol. The van der Waals surface area contributed by atoms with Crippen LogP contribution in [0.1, 0.15) is 20.8 Å². The molecule has 0 spiro atoms. The van der Waals surface area contributed by atoms with Gasteiger partial charge in [-0.05, 0) is 20.8 Å². The van der Waals surface area contributed by atoms with Gasteiger partial charge in [-0.3, -0.25) is 0 Å². The SMILES string of the molecule is [BH3-][P+](C)(C)C(C)(C)C. The van der Waals surface area contributed by atoms with Crippen LogP contribution in [0.4, 0.5) is 0 Å². The molecule has 0 aromatic heterocycles. The lowest BCUT2D eigenvalue weighted by Crippen LogP contribution is -2.18. The zero-order chi connectivity index (χ0) is 7.00. The molecular formula is C6H18BP. The van der Waals surface area contributed by atoms with Gasteiger partial charge in [0, 0.05) is 18.5 Å². The first-order chi connectivity index (χ1) is 3.25. The maximum atomic E-state index is 2.49. The summed E-state index contributed by atoms with van der Waals surface area (Å²) in [5.41, 5.74) is 0. The van der Waals surface area contributed by atoms with Crippen LogP contribution in [0.3, 0.4) is 0 Å². The van der Waals surface area contributed by atoms with Gasteiger partial charge in [0.1, 0.15) is 7.57 Å². The average molecular weight is 132 g/mol. The highest BCUT2D eigenvalue weighted by Crippen LogP contribution is 2.57. The molecule has 0 aromatic carbocycles. The van der Waals surface area contributed by atoms with Crippen molar-refractivity contribution in [1.29, 1.82) is 0 Å². The maximum absolute atomic E-state index is 2.49. The molecule has 0 rings (SSSR count). The second-order valence-electron chi connectivity index (χ2n) is 3.07. The minimum Gasteiger partial charge on any atom is -0.159 e. The van der Waals surface area contributed by atoms with E-state index in [-0.39, 0.29) is 7.14 Å². The van der Waals surface area contributed by atoms with E-state index in [4.69, 9.17) is 0 Å². The zero-order valence-corrected chi connectivity index (χ0v) is 6.84. The van der Waals surface area contributed by atoms with Crippen LogP contribution >= 0.6 is 7.14 Å². The van der Waals surface area contributed by atoms with Crippen molar-refractivity contribution >= 4 is 14.7 Å². The van der Waals surface area contributed by atoms with Gasteiger partial charge in [0.2, 0.25) is 0 Å². The van der Waals surface area contributed by atoms with Crippen LogP contribution in [0.2, 0.25) is 0 Å². The molecule has 0 aromatic rings. The van der Waals surface area contributed by atoms with Gasteiger partial charge in [-0.2, -0.15) is 7.14 Å². The van der Waals surface area contributed by atoms with E-state index in [1.54, 1.807) is 0 Å². The molecule has 0 aliphatic rings. The van der Waals surface area contributed by atoms with Crippen molar-refractivity contribution in [2.24, 2.45) is 0 Å². The Morgan fingerprint density at radius 3 is 1.25 bits per heavy atom. The summed E-state index contributed by atoms with van der Waals surface area (Å²) in [6.45, 7) is 12.1. The van der Waals surface area contributed by atoms with Gasteiger partial charge in [0.05, 0.1) is 0 Å². The Morgan fingerprint density at radius 1 is 1.12 bits per heavy atom. The Balaban J connectivity index is 4.02. The van der Waals surface area contributed by atoms with Crippen molar-refractivity contribution in [3.8, 4) is 0 Å². The van der Waals surface area contributed by atoms with Crippen LogP contribution in [0, 0.1) is 0 Å². The molecule has 0 radical (unpaired) electrons. The van der Waals surface area contributed by atoms with Crippen LogP contribution in [-0.4, -0.2) is 26.1 Å². The molecule has 0 aliphatic heterocycles. The van der Waals surface area contributed by atoms with Gasteiger partial charge in [0.25, 0.3) is 0 Å². The number of hydrogen-bond donors (Lipinski definition) is 0. The summed E-state index contributed by atoms with van der Waals surface area (Å²) in [5, 5.41) is 0.660. The molecule has 2 heteroatoms. The molecule has 0 saturated carbocycles. The first-order valence-electron chi connectivity index (χ1n) is 2.62. The molecule has 0 unspecified atom stereocenters. The van der Waals surface area contributed by atoms with E-state index in [9.17, 15) is 0 Å². The van der Waals surface area contributed by atoms with Gasteiger partial charge < -0.3 is 0 Å². The highest BCUT2D eigenvalue weighted by Gasteiger charge is 2.27. The molecule has 0 atom stereocenters. The van der Waals surface area contributed by atoms with Gasteiger partial charge in [-0.15, -0.1) is 0 Å². The number of hydrogen-bond acceptors (Lipinski definition) is 0. The van der Waals surface area contributed by atoms with Crippen LogP contribution in [0.15, 0.2) is 0 Å². The van der Waals surface area contributed by atoms with E-state index < -0.39 is 0 Å². The fraction of sp³-hybridized carbons (Fsp3) is 1.00. The van der Waals surface area contributed by atoms with Crippen LogP contribution in [0.25, 0.3) is 0 Å². The molecule has 0 amide bonds. The predicted octanol–water partition coefficient (Wildman–Crippen LogP) is 1.34. The van der Waals surface area contributed by atoms with Gasteiger partial charge in [0.15, 0.2) is 0 Å². The van der Waals surface area contributed by atoms with Crippen molar-refractivity contribution in [1.82, 2.24) is 0 Å². The van der Waals surface area contributed by atoms with Crippen molar-refractivity contribution < 1.29 is 0 Å². The van der Waals surface area contributed by atoms with Crippen LogP contribution in [-0.2, 0) is 0 Å². The summed E-state index contributed by atoms with van der Waals surface area (Å²) < 4.78 is 0. The summed E-state index contributed by atoms with van der Waals surface area (Å²) in [7, 11) is 0.262. The second-order valence-corrected chi connectivity index (χ2v) is 6.20. The van der Waals surface area contributed by atoms with Crippen LogP contribution < -0.4 is 0 Å². The van der Waals surface area contributed by atoms with E-state index >= 15 is 0 Å². The molecule has 8 heavy (non-hydrogen) atoms. The first-order valence-corrected chi connectivity index (χ1v) is 4.85. The quantitative estimate of drug-likeness (QED) is 0.344. The summed E-state index contributed by atoms with van der Waals surface area (Å²) >= 11 is 0. The predicted molar refractivity (Wildman–Crippen MR) is 48.5 cm³/mol. The third-order valence-electron chi connectivity index (χ3n) is 1.34. The number of rotatable bonds is 0. The Kier molecular flexibility index (Phi) is 2.15. The minimum atomic E-state index is -0.350. The molecule has 0 saturated heterocycles. The fourth-order valence-electron chi connectivity index (χ4n) is 0. The molecule has 0 bridgehead atoms. The highest BCUT2D eigenvalue weighted by molar-refractivity contribution is 7.97. The molecule has 0 N–H and O–H groups in total. The molecule has 0 nitrogen and oxygen atoms in total. The van der Waals surface area contributed by atoms with Crippen LogP contribution in [0.5, 0.6) is 0 Å². The van der Waals surface area contributed by atoms with Crippen molar-refractivity contribution in [2.45, 2.75) is 25.9 Å². The molecule has 0 heterocycles. The molecule has 50 valence electrons. The van der Waals surface area contributed by atoms with Crippen molar-refractivity contribution in [3.05, 3.63) is 0 Å². The lowest BCUT2D eigenvalue weighted by Gasteiger charge is -2.34. The lowest BCUT2D eigenvalue weighted by molar-refractivity contribution is 0.784. The second kappa shape index (κ2) is 2.03. The topological polar surface area (TPSA) is 0 Å². The summed E-state index contributed by atoms with van der Waals surface area (Å²) in [6.07, 6.45) is 0. The van der Waals surface area contributed by atoms with Crippen molar-refractivity contribution in [3.63, 3.8) is 0 Å². The maximum Gasteiger partial charge on any atom is 0.126 e. The van der Waals surface area contributed by atoms with Gasteiger partial charge in [-0.1, -0.05) is 0 Å². The lowest BCUT2D eigenvalue weighted by atomic mass is 10.3. The van der Waals surface area contributed by atoms with Gasteiger partial charge in [-0.25, -0.2) is 0 Å². The normalized spacial score (nSPS) is 14.2. The highest BCUT2D eigenvalue weighted by atomic mass is 31.2. The molecule has 0 fully saturated rings. The largest absolute Gasteiger partial charge is 0.159 e. The van der Waals surface area contributed by atoms with E-state index in [1.807, 2.05) is 0 Å². The minimum absolute atomic E-state index is 0.350. The molecule has 0 aliphatic carbocycles. The van der Waals surface area contributed by atoms with E-state index in [2.05, 4.69) is 34.1 Å². The standard InChI is InChI=1S/C6H18BP/c1-6(2,3)8(4,5)7/h1-5,7H3. The summed E-state index contributed by atoms with van der Waals surface area (Å²) in [5.74, 6) is 0. The Hall–Kier alpha value is 0.495. The first kappa shape index (κ1) is 8.49. The van der Waals surface area contributed by atoms with E-state index in [1.165, 1.54) is 0 Å². The summed E-state index contributed by atoms with van der Waals surface area (Å²) in [4.78, 5) is 0. The zero-order valence-electron chi connectivity index (χ0n) is 5.95. The van der Waals surface area contributed by atoms with E-state index in [0.29, 0.717) is 12.7 Å². The summed E-state index contributed by atoms with van der Waals surface area (Å²) in [6, 6.07) is 0. The Labute approximate surface area is 54.8 Å². The molecular weight excluding hydrogens is 114 g/mol.